The van der Waals surface area contributed by atoms with Crippen molar-refractivity contribution < 1.29 is 4.79 Å². The van der Waals surface area contributed by atoms with Crippen LogP contribution in [0, 0.1) is 0 Å². The summed E-state index contributed by atoms with van der Waals surface area (Å²) < 4.78 is 0. The highest BCUT2D eigenvalue weighted by molar-refractivity contribution is 5.82. The molecule has 0 radical (unpaired) electrons. The van der Waals surface area contributed by atoms with Crippen LogP contribution >= 0.6 is 0 Å². The Bertz CT molecular complexity index is 333. The molecule has 2 heteroatoms. The van der Waals surface area contributed by atoms with E-state index in [1.807, 2.05) is 18.2 Å². The quantitative estimate of drug-likeness (QED) is 0.692. The van der Waals surface area contributed by atoms with Crippen LogP contribution in [0.5, 0.6) is 0 Å². The number of carbonyl (C=O) groups is 1. The summed E-state index contributed by atoms with van der Waals surface area (Å²) >= 11 is 0. The zero-order valence-electron chi connectivity index (χ0n) is 7.49. The average molecular weight is 175 g/mol. The van der Waals surface area contributed by atoms with Crippen molar-refractivity contribution in [2.24, 2.45) is 5.73 Å². The molecule has 0 heterocycles. The van der Waals surface area contributed by atoms with Crippen molar-refractivity contribution >= 4 is 5.91 Å². The van der Waals surface area contributed by atoms with E-state index in [1.54, 1.807) is 0 Å². The van der Waals surface area contributed by atoms with Gasteiger partial charge in [0.25, 0.3) is 0 Å². The van der Waals surface area contributed by atoms with Crippen molar-refractivity contribution in [2.45, 2.75) is 25.2 Å². The number of hydrogen-bond acceptors (Lipinski definition) is 1. The molecular weight excluding hydrogens is 162 g/mol. The third-order valence-electron chi connectivity index (χ3n) is 2.71. The third-order valence-corrected chi connectivity index (χ3v) is 2.71. The number of hydrogen-bond donors (Lipinski definition) is 1. The Morgan fingerprint density at radius 1 is 1.38 bits per heavy atom. The Labute approximate surface area is 77.8 Å². The fraction of sp³-hybridized carbons (Fsp3) is 0.364. The maximum Gasteiger partial charge on any atom is 0.224 e. The van der Waals surface area contributed by atoms with Crippen LogP contribution in [0.3, 0.4) is 0 Å². The molecule has 68 valence electrons. The van der Waals surface area contributed by atoms with Gasteiger partial charge in [-0.15, -0.1) is 0 Å². The van der Waals surface area contributed by atoms with Crippen LogP contribution in [-0.4, -0.2) is 5.91 Å². The van der Waals surface area contributed by atoms with E-state index in [-0.39, 0.29) is 11.8 Å². The van der Waals surface area contributed by atoms with Gasteiger partial charge in [-0.3, -0.25) is 4.79 Å². The standard InChI is InChI=1S/C11H13NO/c12-11(13)10-7-3-5-8-4-1-2-6-9(8)10/h1-2,4,6,10H,3,5,7H2,(H2,12,13). The number of aryl methyl sites for hydroxylation is 1. The number of fused-ring (bicyclic) bond motifs is 1. The number of benzene rings is 1. The lowest BCUT2D eigenvalue weighted by atomic mass is 9.82. The van der Waals surface area contributed by atoms with Gasteiger partial charge < -0.3 is 5.73 Å². The summed E-state index contributed by atoms with van der Waals surface area (Å²) in [5.74, 6) is -0.239. The first kappa shape index (κ1) is 8.30. The predicted octanol–water partition coefficient (Wildman–Crippen LogP) is 1.59. The van der Waals surface area contributed by atoms with Gasteiger partial charge in [0.1, 0.15) is 0 Å². The van der Waals surface area contributed by atoms with E-state index in [4.69, 9.17) is 5.73 Å². The van der Waals surface area contributed by atoms with Gasteiger partial charge in [0.2, 0.25) is 5.91 Å². The van der Waals surface area contributed by atoms with Crippen LogP contribution in [0.2, 0.25) is 0 Å². The first-order valence-corrected chi connectivity index (χ1v) is 4.66. The number of primary amides is 1. The molecule has 0 bridgehead atoms. The Balaban J connectivity index is 2.42. The summed E-state index contributed by atoms with van der Waals surface area (Å²) in [6.07, 6.45) is 3.07. The second-order valence-corrected chi connectivity index (χ2v) is 3.55. The molecule has 1 aromatic rings. The van der Waals surface area contributed by atoms with Crippen LogP contribution in [0.25, 0.3) is 0 Å². The lowest BCUT2D eigenvalue weighted by molar-refractivity contribution is -0.119. The largest absolute Gasteiger partial charge is 0.369 e. The van der Waals surface area contributed by atoms with Gasteiger partial charge in [-0.2, -0.15) is 0 Å². The molecule has 0 saturated heterocycles. The molecule has 2 N–H and O–H groups in total. The monoisotopic (exact) mass is 175 g/mol. The maximum absolute atomic E-state index is 11.1. The van der Waals surface area contributed by atoms with E-state index in [9.17, 15) is 4.79 Å². The van der Waals surface area contributed by atoms with Crippen LogP contribution in [0.15, 0.2) is 24.3 Å². The third kappa shape index (κ3) is 1.44. The number of rotatable bonds is 1. The Morgan fingerprint density at radius 3 is 2.92 bits per heavy atom. The molecule has 1 atom stereocenters. The lowest BCUT2D eigenvalue weighted by Crippen LogP contribution is -2.24. The van der Waals surface area contributed by atoms with Gasteiger partial charge in [0.05, 0.1) is 5.92 Å². The smallest absolute Gasteiger partial charge is 0.224 e. The molecule has 0 aromatic heterocycles. The van der Waals surface area contributed by atoms with Gasteiger partial charge >= 0.3 is 0 Å². The highest BCUT2D eigenvalue weighted by Gasteiger charge is 2.23. The topological polar surface area (TPSA) is 43.1 Å². The second-order valence-electron chi connectivity index (χ2n) is 3.55. The minimum atomic E-state index is -0.188. The summed E-state index contributed by atoms with van der Waals surface area (Å²) in [5, 5.41) is 0. The van der Waals surface area contributed by atoms with E-state index < -0.39 is 0 Å². The van der Waals surface area contributed by atoms with E-state index in [2.05, 4.69) is 6.07 Å². The molecule has 13 heavy (non-hydrogen) atoms. The molecule has 1 aliphatic rings. The van der Waals surface area contributed by atoms with Gasteiger partial charge in [0.15, 0.2) is 0 Å². The lowest BCUT2D eigenvalue weighted by Gasteiger charge is -2.22. The fourth-order valence-corrected chi connectivity index (χ4v) is 2.05. The first-order chi connectivity index (χ1) is 6.29. The summed E-state index contributed by atoms with van der Waals surface area (Å²) in [7, 11) is 0. The van der Waals surface area contributed by atoms with Crippen LogP contribution in [-0.2, 0) is 11.2 Å². The molecule has 0 saturated carbocycles. The fourth-order valence-electron chi connectivity index (χ4n) is 2.05. The van der Waals surface area contributed by atoms with E-state index in [0.29, 0.717) is 0 Å². The SMILES string of the molecule is NC(=O)C1CCCc2ccccc21. The molecule has 1 unspecified atom stereocenters. The average Bonchev–Trinajstić information content (AvgIpc) is 2.17. The summed E-state index contributed by atoms with van der Waals surface area (Å²) in [5.41, 5.74) is 7.77. The van der Waals surface area contributed by atoms with Crippen molar-refractivity contribution in [1.29, 1.82) is 0 Å². The van der Waals surface area contributed by atoms with Crippen molar-refractivity contribution in [3.8, 4) is 0 Å². The molecule has 0 fully saturated rings. The van der Waals surface area contributed by atoms with E-state index in [0.717, 1.165) is 24.8 Å². The van der Waals surface area contributed by atoms with Crippen molar-refractivity contribution in [1.82, 2.24) is 0 Å². The first-order valence-electron chi connectivity index (χ1n) is 4.66. The Hall–Kier alpha value is -1.31. The molecular formula is C11H13NO. The van der Waals surface area contributed by atoms with Crippen LogP contribution in [0.4, 0.5) is 0 Å². The molecule has 1 aliphatic carbocycles. The van der Waals surface area contributed by atoms with Crippen molar-refractivity contribution in [3.63, 3.8) is 0 Å². The zero-order valence-corrected chi connectivity index (χ0v) is 7.49. The normalized spacial score (nSPS) is 20.8. The number of nitrogens with two attached hydrogens (primary N) is 1. The van der Waals surface area contributed by atoms with Crippen molar-refractivity contribution in [2.75, 3.05) is 0 Å². The van der Waals surface area contributed by atoms with E-state index in [1.165, 1.54) is 5.56 Å². The highest BCUT2D eigenvalue weighted by Crippen LogP contribution is 2.30. The van der Waals surface area contributed by atoms with Gasteiger partial charge in [0, 0.05) is 0 Å². The van der Waals surface area contributed by atoms with E-state index >= 15 is 0 Å². The summed E-state index contributed by atoms with van der Waals surface area (Å²) in [6.45, 7) is 0. The molecule has 0 aliphatic heterocycles. The molecule has 1 amide bonds. The Morgan fingerprint density at radius 2 is 2.15 bits per heavy atom. The molecule has 0 spiro atoms. The minimum absolute atomic E-state index is 0.0510. The van der Waals surface area contributed by atoms with Crippen LogP contribution in [0.1, 0.15) is 29.9 Å². The van der Waals surface area contributed by atoms with Gasteiger partial charge in [-0.1, -0.05) is 24.3 Å². The maximum atomic E-state index is 11.1. The Kier molecular flexibility index (Phi) is 2.05. The molecule has 2 nitrogen and oxygen atoms in total. The second kappa shape index (κ2) is 3.21. The minimum Gasteiger partial charge on any atom is -0.369 e. The van der Waals surface area contributed by atoms with Crippen molar-refractivity contribution in [3.05, 3.63) is 35.4 Å². The highest BCUT2D eigenvalue weighted by atomic mass is 16.1. The zero-order chi connectivity index (χ0) is 9.26. The van der Waals surface area contributed by atoms with Gasteiger partial charge in [-0.05, 0) is 30.4 Å². The predicted molar refractivity (Wildman–Crippen MR) is 51.3 cm³/mol. The number of amides is 1. The van der Waals surface area contributed by atoms with Gasteiger partial charge in [-0.25, -0.2) is 0 Å². The van der Waals surface area contributed by atoms with Crippen LogP contribution < -0.4 is 5.73 Å². The summed E-state index contributed by atoms with van der Waals surface area (Å²) in [6, 6.07) is 8.09. The summed E-state index contributed by atoms with van der Waals surface area (Å²) in [4.78, 5) is 11.1. The molecule has 1 aromatic carbocycles. The molecule has 2 rings (SSSR count). The number of carbonyl (C=O) groups excluding carboxylic acids is 1.